The molecule has 3 aromatic rings. The fourth-order valence-electron chi connectivity index (χ4n) is 2.41. The molecule has 21 heavy (non-hydrogen) atoms. The normalized spacial score (nSPS) is 10.8. The molecule has 2 aromatic carbocycles. The van der Waals surface area contributed by atoms with E-state index in [2.05, 4.69) is 0 Å². The van der Waals surface area contributed by atoms with Crippen LogP contribution in [0.3, 0.4) is 0 Å². The molecular formula is C16H14O4S. The molecule has 0 bridgehead atoms. The Morgan fingerprint density at radius 2 is 1.67 bits per heavy atom. The average Bonchev–Trinajstić information content (AvgIpc) is 2.53. The molecule has 0 saturated carbocycles. The second-order valence-electron chi connectivity index (χ2n) is 4.44. The maximum Gasteiger partial charge on any atom is 0.199 e. The predicted molar refractivity (Wildman–Crippen MR) is 85.3 cm³/mol. The topological polar surface area (TPSA) is 44.8 Å². The predicted octanol–water partition coefficient (Wildman–Crippen LogP) is 3.44. The fourth-order valence-corrected chi connectivity index (χ4v) is 3.62. The van der Waals surface area contributed by atoms with Gasteiger partial charge in [-0.2, -0.15) is 0 Å². The number of fused-ring (bicyclic) bond motifs is 2. The first kappa shape index (κ1) is 13.7. The second kappa shape index (κ2) is 5.26. The third-order valence-electron chi connectivity index (χ3n) is 3.39. The molecule has 5 heteroatoms. The van der Waals surface area contributed by atoms with Crippen LogP contribution in [0.1, 0.15) is 0 Å². The minimum Gasteiger partial charge on any atom is -0.496 e. The van der Waals surface area contributed by atoms with Crippen LogP contribution >= 0.6 is 11.3 Å². The molecule has 0 fully saturated rings. The van der Waals surface area contributed by atoms with Gasteiger partial charge >= 0.3 is 0 Å². The van der Waals surface area contributed by atoms with Crippen molar-refractivity contribution in [3.63, 3.8) is 0 Å². The van der Waals surface area contributed by atoms with E-state index in [4.69, 9.17) is 14.2 Å². The lowest BCUT2D eigenvalue weighted by molar-refractivity contribution is 0.359. The maximum atomic E-state index is 12.8. The summed E-state index contributed by atoms with van der Waals surface area (Å²) < 4.78 is 17.7. The van der Waals surface area contributed by atoms with Gasteiger partial charge in [0.15, 0.2) is 16.9 Å². The summed E-state index contributed by atoms with van der Waals surface area (Å²) >= 11 is 1.49. The van der Waals surface area contributed by atoms with Crippen molar-refractivity contribution < 1.29 is 14.2 Å². The van der Waals surface area contributed by atoms with E-state index in [1.165, 1.54) is 11.3 Å². The molecule has 0 amide bonds. The van der Waals surface area contributed by atoms with Crippen LogP contribution in [0, 0.1) is 0 Å². The van der Waals surface area contributed by atoms with E-state index in [1.54, 1.807) is 39.5 Å². The molecule has 1 heterocycles. The molecule has 0 saturated heterocycles. The van der Waals surface area contributed by atoms with Crippen molar-refractivity contribution in [2.45, 2.75) is 0 Å². The Morgan fingerprint density at radius 3 is 2.33 bits per heavy atom. The Bertz CT molecular complexity index is 883. The number of hydrogen-bond acceptors (Lipinski definition) is 5. The molecule has 0 aliphatic heterocycles. The van der Waals surface area contributed by atoms with Gasteiger partial charge in [0.25, 0.3) is 0 Å². The van der Waals surface area contributed by atoms with E-state index >= 15 is 0 Å². The molecule has 0 spiro atoms. The van der Waals surface area contributed by atoms with Crippen molar-refractivity contribution in [3.05, 3.63) is 40.6 Å². The lowest BCUT2D eigenvalue weighted by Gasteiger charge is -2.11. The van der Waals surface area contributed by atoms with Gasteiger partial charge in [0, 0.05) is 10.1 Å². The Balaban J connectivity index is 2.53. The first-order valence-corrected chi connectivity index (χ1v) is 7.17. The molecular weight excluding hydrogens is 288 g/mol. The van der Waals surface area contributed by atoms with Crippen LogP contribution in [0.2, 0.25) is 0 Å². The number of rotatable bonds is 3. The molecule has 0 radical (unpaired) electrons. The summed E-state index contributed by atoms with van der Waals surface area (Å²) in [7, 11) is 4.72. The Kier molecular flexibility index (Phi) is 3.43. The van der Waals surface area contributed by atoms with Crippen LogP contribution in [0.15, 0.2) is 35.1 Å². The zero-order chi connectivity index (χ0) is 15.0. The van der Waals surface area contributed by atoms with Gasteiger partial charge in [-0.3, -0.25) is 4.79 Å². The van der Waals surface area contributed by atoms with Crippen molar-refractivity contribution in [2.75, 3.05) is 21.3 Å². The zero-order valence-electron chi connectivity index (χ0n) is 11.9. The summed E-state index contributed by atoms with van der Waals surface area (Å²) in [6.45, 7) is 0. The quantitative estimate of drug-likeness (QED) is 0.695. The van der Waals surface area contributed by atoms with Gasteiger partial charge < -0.3 is 14.2 Å². The fraction of sp³-hybridized carbons (Fsp3) is 0.188. The van der Waals surface area contributed by atoms with E-state index < -0.39 is 0 Å². The second-order valence-corrected chi connectivity index (χ2v) is 5.49. The monoisotopic (exact) mass is 302 g/mol. The Labute approximate surface area is 125 Å². The molecule has 0 aliphatic carbocycles. The smallest absolute Gasteiger partial charge is 0.199 e. The van der Waals surface area contributed by atoms with Gasteiger partial charge in [-0.15, -0.1) is 11.3 Å². The number of ether oxygens (including phenoxy) is 3. The van der Waals surface area contributed by atoms with E-state index in [1.807, 2.05) is 12.1 Å². The lowest BCUT2D eigenvalue weighted by atomic mass is 10.1. The highest BCUT2D eigenvalue weighted by atomic mass is 32.1. The van der Waals surface area contributed by atoms with E-state index in [-0.39, 0.29) is 5.43 Å². The molecule has 0 N–H and O–H groups in total. The number of hydrogen-bond donors (Lipinski definition) is 0. The van der Waals surface area contributed by atoms with E-state index in [0.29, 0.717) is 28.0 Å². The van der Waals surface area contributed by atoms with Gasteiger partial charge in [0.1, 0.15) is 5.75 Å². The molecule has 3 rings (SSSR count). The summed E-state index contributed by atoms with van der Waals surface area (Å²) in [5, 5.41) is 1.21. The SMILES string of the molecule is COc1ccc2c(=O)c3c(OC)cccc3sc2c1OC. The van der Waals surface area contributed by atoms with Crippen LogP contribution < -0.4 is 19.6 Å². The van der Waals surface area contributed by atoms with Gasteiger partial charge in [-0.25, -0.2) is 0 Å². The van der Waals surface area contributed by atoms with Crippen molar-refractivity contribution in [2.24, 2.45) is 0 Å². The molecule has 0 atom stereocenters. The largest absolute Gasteiger partial charge is 0.496 e. The van der Waals surface area contributed by atoms with Crippen molar-refractivity contribution in [1.82, 2.24) is 0 Å². The lowest BCUT2D eigenvalue weighted by Crippen LogP contribution is -2.04. The van der Waals surface area contributed by atoms with Crippen LogP contribution in [0.4, 0.5) is 0 Å². The van der Waals surface area contributed by atoms with Gasteiger partial charge in [-0.05, 0) is 24.3 Å². The minimum atomic E-state index is -0.0582. The Hall–Kier alpha value is -2.27. The Morgan fingerprint density at radius 1 is 0.905 bits per heavy atom. The first-order valence-electron chi connectivity index (χ1n) is 6.35. The number of benzene rings is 2. The van der Waals surface area contributed by atoms with Crippen LogP contribution in [-0.2, 0) is 0 Å². The molecule has 108 valence electrons. The summed E-state index contributed by atoms with van der Waals surface area (Å²) in [4.78, 5) is 12.8. The van der Waals surface area contributed by atoms with Crippen LogP contribution in [0.25, 0.3) is 20.2 Å². The molecule has 4 nitrogen and oxygen atoms in total. The van der Waals surface area contributed by atoms with Crippen LogP contribution in [0.5, 0.6) is 17.2 Å². The number of methoxy groups -OCH3 is 3. The molecule has 0 unspecified atom stereocenters. The summed E-state index contributed by atoms with van der Waals surface area (Å²) in [5.41, 5.74) is -0.0582. The third-order valence-corrected chi connectivity index (χ3v) is 4.56. The van der Waals surface area contributed by atoms with E-state index in [0.717, 1.165) is 9.40 Å². The summed E-state index contributed by atoms with van der Waals surface area (Å²) in [6, 6.07) is 9.08. The van der Waals surface area contributed by atoms with Gasteiger partial charge in [0.2, 0.25) is 0 Å². The highest BCUT2D eigenvalue weighted by Gasteiger charge is 2.16. The van der Waals surface area contributed by atoms with Crippen molar-refractivity contribution in [1.29, 1.82) is 0 Å². The summed E-state index contributed by atoms with van der Waals surface area (Å²) in [5.74, 6) is 1.79. The molecule has 0 aliphatic rings. The maximum absolute atomic E-state index is 12.8. The van der Waals surface area contributed by atoms with Crippen LogP contribution in [-0.4, -0.2) is 21.3 Å². The van der Waals surface area contributed by atoms with Gasteiger partial charge in [-0.1, -0.05) is 6.07 Å². The molecule has 1 aromatic heterocycles. The first-order chi connectivity index (χ1) is 10.2. The highest BCUT2D eigenvalue weighted by molar-refractivity contribution is 7.25. The minimum absolute atomic E-state index is 0.0582. The van der Waals surface area contributed by atoms with E-state index in [9.17, 15) is 4.79 Å². The summed E-state index contributed by atoms with van der Waals surface area (Å²) in [6.07, 6.45) is 0. The highest BCUT2D eigenvalue weighted by Crippen LogP contribution is 2.39. The van der Waals surface area contributed by atoms with Gasteiger partial charge in [0.05, 0.1) is 31.4 Å². The third kappa shape index (κ3) is 2.01. The van der Waals surface area contributed by atoms with Crippen molar-refractivity contribution in [3.8, 4) is 17.2 Å². The van der Waals surface area contributed by atoms with Crippen molar-refractivity contribution >= 4 is 31.5 Å². The standard InChI is InChI=1S/C16H14O4S/c1-18-10-5-4-6-12-13(10)14(17)9-7-8-11(19-2)15(20-3)16(9)21-12/h4-8H,1-3H3. The average molecular weight is 302 g/mol. The zero-order valence-corrected chi connectivity index (χ0v) is 12.7.